The molecule has 3 heteroatoms. The van der Waals surface area contributed by atoms with E-state index >= 15 is 0 Å². The van der Waals surface area contributed by atoms with E-state index in [9.17, 15) is 0 Å². The van der Waals surface area contributed by atoms with Crippen molar-refractivity contribution in [2.45, 2.75) is 31.8 Å². The molecule has 4 rings (SSSR count). The Morgan fingerprint density at radius 2 is 2.00 bits per heavy atom. The molecule has 1 aromatic heterocycles. The van der Waals surface area contributed by atoms with Gasteiger partial charge in [-0.1, -0.05) is 18.2 Å². The molecule has 3 unspecified atom stereocenters. The molecule has 0 saturated carbocycles. The average molecular weight is 283 g/mol. The van der Waals surface area contributed by atoms with Gasteiger partial charge >= 0.3 is 0 Å². The summed E-state index contributed by atoms with van der Waals surface area (Å²) < 4.78 is 2.38. The summed E-state index contributed by atoms with van der Waals surface area (Å²) in [6, 6.07) is 11.6. The fraction of sp³-hybridized carbons (Fsp3) is 0.556. The summed E-state index contributed by atoms with van der Waals surface area (Å²) in [5, 5.41) is 5.17. The minimum absolute atomic E-state index is 0.769. The van der Waals surface area contributed by atoms with Crippen LogP contribution in [0.5, 0.6) is 0 Å². The number of para-hydroxylation sites is 1. The van der Waals surface area contributed by atoms with Crippen molar-refractivity contribution in [1.29, 1.82) is 0 Å². The first-order chi connectivity index (χ1) is 10.4. The average Bonchev–Trinajstić information content (AvgIpc) is 3.10. The largest absolute Gasteiger partial charge is 0.347 e. The molecule has 0 radical (unpaired) electrons. The molecule has 2 aliphatic heterocycles. The normalized spacial score (nSPS) is 28.3. The van der Waals surface area contributed by atoms with Gasteiger partial charge in [-0.2, -0.15) is 0 Å². The Labute approximate surface area is 126 Å². The van der Waals surface area contributed by atoms with E-state index in [-0.39, 0.29) is 0 Å². The Balaban J connectivity index is 1.28. The highest BCUT2D eigenvalue weighted by Gasteiger charge is 2.33. The van der Waals surface area contributed by atoms with Crippen LogP contribution in [-0.4, -0.2) is 41.7 Å². The molecule has 0 spiro atoms. The summed E-state index contributed by atoms with van der Waals surface area (Å²) in [6.07, 6.45) is 6.18. The lowest BCUT2D eigenvalue weighted by Crippen LogP contribution is -2.44. The van der Waals surface area contributed by atoms with E-state index in [1.807, 2.05) is 0 Å². The van der Waals surface area contributed by atoms with Gasteiger partial charge in [0.1, 0.15) is 0 Å². The highest BCUT2D eigenvalue weighted by Crippen LogP contribution is 2.26. The van der Waals surface area contributed by atoms with Gasteiger partial charge in [0.25, 0.3) is 0 Å². The zero-order chi connectivity index (χ0) is 14.1. The highest BCUT2D eigenvalue weighted by molar-refractivity contribution is 5.79. The van der Waals surface area contributed by atoms with E-state index in [0.29, 0.717) is 0 Å². The van der Waals surface area contributed by atoms with Crippen LogP contribution < -0.4 is 5.32 Å². The van der Waals surface area contributed by atoms with Gasteiger partial charge in [0.2, 0.25) is 0 Å². The molecule has 0 amide bonds. The third-order valence-corrected chi connectivity index (χ3v) is 5.30. The number of hydrogen-bond acceptors (Lipinski definition) is 2. The molecule has 2 fully saturated rings. The Kier molecular flexibility index (Phi) is 3.70. The highest BCUT2D eigenvalue weighted by atomic mass is 15.2. The number of aromatic nitrogens is 1. The number of nitrogens with zero attached hydrogens (tertiary/aromatic N) is 2. The molecule has 3 nitrogen and oxygen atoms in total. The van der Waals surface area contributed by atoms with Crippen LogP contribution in [0.1, 0.15) is 19.3 Å². The molecule has 0 aliphatic carbocycles. The van der Waals surface area contributed by atoms with Gasteiger partial charge < -0.3 is 14.8 Å². The Morgan fingerprint density at radius 1 is 1.10 bits per heavy atom. The maximum Gasteiger partial charge on any atom is 0.0480 e. The minimum atomic E-state index is 0.769. The third-order valence-electron chi connectivity index (χ3n) is 5.30. The lowest BCUT2D eigenvalue weighted by Gasteiger charge is -2.31. The zero-order valence-electron chi connectivity index (χ0n) is 12.7. The van der Waals surface area contributed by atoms with Gasteiger partial charge in [-0.05, 0) is 62.3 Å². The van der Waals surface area contributed by atoms with E-state index in [1.165, 1.54) is 49.8 Å². The van der Waals surface area contributed by atoms with E-state index in [1.54, 1.807) is 0 Å². The molecule has 3 heterocycles. The van der Waals surface area contributed by atoms with Crippen molar-refractivity contribution < 1.29 is 0 Å². The molecule has 2 saturated heterocycles. The van der Waals surface area contributed by atoms with Crippen LogP contribution in [0.2, 0.25) is 0 Å². The second kappa shape index (κ2) is 5.82. The van der Waals surface area contributed by atoms with Crippen LogP contribution in [0.15, 0.2) is 36.5 Å². The maximum atomic E-state index is 3.82. The molecule has 21 heavy (non-hydrogen) atoms. The van der Waals surface area contributed by atoms with E-state index in [0.717, 1.165) is 25.0 Å². The second-order valence-corrected chi connectivity index (χ2v) is 6.62. The van der Waals surface area contributed by atoms with E-state index < -0.39 is 0 Å². The molecular weight excluding hydrogens is 258 g/mol. The molecule has 2 aromatic rings. The fourth-order valence-electron chi connectivity index (χ4n) is 4.09. The summed E-state index contributed by atoms with van der Waals surface area (Å²) in [6.45, 7) is 6.23. The molecule has 1 aromatic carbocycles. The Hall–Kier alpha value is -1.32. The van der Waals surface area contributed by atoms with Gasteiger partial charge in [-0.3, -0.25) is 0 Å². The number of hydrogen-bond donors (Lipinski definition) is 1. The SMILES string of the molecule is c1ccc2c(c1)ccn2CCCNC1CCN2CCC1C2. The lowest BCUT2D eigenvalue weighted by atomic mass is 9.94. The summed E-state index contributed by atoms with van der Waals surface area (Å²) in [4.78, 5) is 2.62. The zero-order valence-corrected chi connectivity index (χ0v) is 12.7. The second-order valence-electron chi connectivity index (χ2n) is 6.62. The van der Waals surface area contributed by atoms with Crippen LogP contribution in [0, 0.1) is 5.92 Å². The molecule has 2 aliphatic rings. The first-order valence-electron chi connectivity index (χ1n) is 8.40. The number of aryl methyl sites for hydroxylation is 1. The molecular formula is C18H25N3. The Bertz CT molecular complexity index is 603. The van der Waals surface area contributed by atoms with Gasteiger partial charge in [-0.15, -0.1) is 0 Å². The van der Waals surface area contributed by atoms with Crippen LogP contribution in [0.25, 0.3) is 10.9 Å². The summed E-state index contributed by atoms with van der Waals surface area (Å²) in [7, 11) is 0. The van der Waals surface area contributed by atoms with Crippen molar-refractivity contribution in [2.75, 3.05) is 26.2 Å². The number of nitrogens with one attached hydrogen (secondary N) is 1. The lowest BCUT2D eigenvalue weighted by molar-refractivity contribution is 0.221. The van der Waals surface area contributed by atoms with Crippen molar-refractivity contribution in [3.05, 3.63) is 36.5 Å². The minimum Gasteiger partial charge on any atom is -0.347 e. The summed E-state index contributed by atoms with van der Waals surface area (Å²) >= 11 is 0. The standard InChI is InChI=1S/C18H25N3/c1-2-5-18-15(4-1)7-13-21(18)10-3-9-19-17-8-12-20-11-6-16(17)14-20/h1-2,4-5,7,13,16-17,19H,3,6,8-12,14H2. The first-order valence-corrected chi connectivity index (χ1v) is 8.40. The quantitative estimate of drug-likeness (QED) is 0.852. The fourth-order valence-corrected chi connectivity index (χ4v) is 4.09. The predicted octanol–water partition coefficient (Wildman–Crippen LogP) is 2.72. The third kappa shape index (κ3) is 2.72. The monoisotopic (exact) mass is 283 g/mol. The van der Waals surface area contributed by atoms with Gasteiger partial charge in [0, 0.05) is 30.8 Å². The van der Waals surface area contributed by atoms with Gasteiger partial charge in [-0.25, -0.2) is 0 Å². The number of fused-ring (bicyclic) bond motifs is 3. The van der Waals surface area contributed by atoms with E-state index in [2.05, 4.69) is 51.3 Å². The van der Waals surface area contributed by atoms with Crippen LogP contribution in [0.3, 0.4) is 0 Å². The Morgan fingerprint density at radius 3 is 3.00 bits per heavy atom. The van der Waals surface area contributed by atoms with Crippen molar-refractivity contribution in [3.8, 4) is 0 Å². The van der Waals surface area contributed by atoms with Crippen molar-refractivity contribution in [3.63, 3.8) is 0 Å². The van der Waals surface area contributed by atoms with Crippen molar-refractivity contribution in [2.24, 2.45) is 5.92 Å². The molecule has 2 bridgehead atoms. The van der Waals surface area contributed by atoms with Crippen LogP contribution in [-0.2, 0) is 6.54 Å². The van der Waals surface area contributed by atoms with Gasteiger partial charge in [0.15, 0.2) is 0 Å². The van der Waals surface area contributed by atoms with Crippen molar-refractivity contribution in [1.82, 2.24) is 14.8 Å². The smallest absolute Gasteiger partial charge is 0.0480 e. The van der Waals surface area contributed by atoms with Crippen LogP contribution in [0.4, 0.5) is 0 Å². The first kappa shape index (κ1) is 13.4. The molecule has 1 N–H and O–H groups in total. The summed E-state index contributed by atoms with van der Waals surface area (Å²) in [5.74, 6) is 0.908. The van der Waals surface area contributed by atoms with E-state index in [4.69, 9.17) is 0 Å². The predicted molar refractivity (Wildman–Crippen MR) is 87.5 cm³/mol. The maximum absolute atomic E-state index is 3.82. The number of rotatable bonds is 5. The van der Waals surface area contributed by atoms with Crippen molar-refractivity contribution >= 4 is 10.9 Å². The van der Waals surface area contributed by atoms with Crippen LogP contribution >= 0.6 is 0 Å². The van der Waals surface area contributed by atoms with Gasteiger partial charge in [0.05, 0.1) is 0 Å². The topological polar surface area (TPSA) is 20.2 Å². The summed E-state index contributed by atoms with van der Waals surface area (Å²) in [5.41, 5.74) is 1.36. The molecule has 112 valence electrons. The number of piperidine rings is 1. The number of benzene rings is 1. The molecule has 3 atom stereocenters.